The van der Waals surface area contributed by atoms with Gasteiger partial charge in [-0.15, -0.1) is 0 Å². The number of benzene rings is 2. The average Bonchev–Trinajstić information content (AvgIpc) is 3.23. The number of fused-ring (bicyclic) bond motifs is 1. The van der Waals surface area contributed by atoms with E-state index in [4.69, 9.17) is 4.79 Å². The number of carbonyl (C=O) groups excluding carboxylic acids is 2. The summed E-state index contributed by atoms with van der Waals surface area (Å²) in [6.45, 7) is 8.05. The normalized spacial score (nSPS) is 13.9. The first-order valence-electron chi connectivity index (χ1n) is 10.7. The first-order chi connectivity index (χ1) is 15.0. The van der Waals surface area contributed by atoms with Gasteiger partial charge < -0.3 is 15.2 Å². The van der Waals surface area contributed by atoms with E-state index in [9.17, 15) is 4.79 Å². The summed E-state index contributed by atoms with van der Waals surface area (Å²) in [4.78, 5) is 26.5. The van der Waals surface area contributed by atoms with Crippen molar-refractivity contribution in [3.05, 3.63) is 78.0 Å². The number of piperidine rings is 1. The summed E-state index contributed by atoms with van der Waals surface area (Å²) in [5, 5.41) is 3.24. The second kappa shape index (κ2) is 10.6. The highest BCUT2D eigenvalue weighted by atomic mass is 16.1. The summed E-state index contributed by atoms with van der Waals surface area (Å²) >= 11 is 0. The van der Waals surface area contributed by atoms with E-state index in [1.807, 2.05) is 6.07 Å². The Balaban J connectivity index is 0.000000628. The van der Waals surface area contributed by atoms with Gasteiger partial charge in [0.25, 0.3) is 0 Å². The Morgan fingerprint density at radius 3 is 2.48 bits per heavy atom. The van der Waals surface area contributed by atoms with Crippen molar-refractivity contribution in [1.29, 1.82) is 0 Å². The molecule has 3 aromatic rings. The molecule has 0 atom stereocenters. The predicted molar refractivity (Wildman–Crippen MR) is 127 cm³/mol. The molecule has 4 rings (SSSR count). The lowest BCUT2D eigenvalue weighted by molar-refractivity contribution is -0.109. The number of hydrogen-bond donors (Lipinski definition) is 2. The fourth-order valence-electron chi connectivity index (χ4n) is 4.13. The third-order valence-corrected chi connectivity index (χ3v) is 5.88. The largest absolute Gasteiger partial charge is 0.372 e. The Hall–Kier alpha value is -3.34. The summed E-state index contributed by atoms with van der Waals surface area (Å²) in [7, 11) is 1.56. The van der Waals surface area contributed by atoms with Gasteiger partial charge in [-0.1, -0.05) is 43.0 Å². The van der Waals surface area contributed by atoms with Crippen molar-refractivity contribution in [1.82, 2.24) is 15.2 Å². The van der Waals surface area contributed by atoms with Crippen LogP contribution in [0.1, 0.15) is 41.3 Å². The number of aromatic amines is 1. The molecule has 0 unspecified atom stereocenters. The number of rotatable bonds is 6. The van der Waals surface area contributed by atoms with Crippen molar-refractivity contribution in [2.45, 2.75) is 26.2 Å². The summed E-state index contributed by atoms with van der Waals surface area (Å²) in [5.74, 6) is 0.832. The van der Waals surface area contributed by atoms with Gasteiger partial charge in [0, 0.05) is 48.5 Å². The molecule has 0 saturated carbocycles. The Morgan fingerprint density at radius 2 is 1.87 bits per heavy atom. The quantitative estimate of drug-likeness (QED) is 0.453. The minimum atomic E-state index is 0.0886. The number of hydrogen-bond acceptors (Lipinski definition) is 3. The molecule has 2 aromatic carbocycles. The molecule has 1 aliphatic heterocycles. The van der Waals surface area contributed by atoms with Gasteiger partial charge in [-0.3, -0.25) is 9.59 Å². The van der Waals surface area contributed by atoms with E-state index >= 15 is 0 Å². The van der Waals surface area contributed by atoms with Crippen molar-refractivity contribution in [3.63, 3.8) is 0 Å². The van der Waals surface area contributed by atoms with Crippen molar-refractivity contribution in [3.8, 4) is 0 Å². The topological polar surface area (TPSA) is 65.2 Å². The second-order valence-electron chi connectivity index (χ2n) is 7.99. The summed E-state index contributed by atoms with van der Waals surface area (Å²) in [6.07, 6.45) is 5.98. The van der Waals surface area contributed by atoms with E-state index in [2.05, 4.69) is 64.2 Å². The number of carbonyl (C=O) groups is 2. The van der Waals surface area contributed by atoms with Crippen LogP contribution in [0.15, 0.2) is 61.3 Å². The number of aromatic nitrogens is 1. The van der Waals surface area contributed by atoms with Gasteiger partial charge >= 0.3 is 0 Å². The van der Waals surface area contributed by atoms with Gasteiger partial charge in [-0.2, -0.15) is 0 Å². The van der Waals surface area contributed by atoms with Gasteiger partial charge in [0.1, 0.15) is 0 Å². The van der Waals surface area contributed by atoms with Crippen LogP contribution in [0.2, 0.25) is 0 Å². The maximum Gasteiger partial charge on any atom is 0.206 e. The maximum atomic E-state index is 11.8. The minimum absolute atomic E-state index is 0.0886. The molecular formula is C26H31N3O2. The van der Waals surface area contributed by atoms with Crippen molar-refractivity contribution < 1.29 is 9.59 Å². The number of nitrogens with zero attached hydrogens (tertiary/aromatic N) is 1. The Kier molecular flexibility index (Phi) is 7.65. The van der Waals surface area contributed by atoms with Crippen LogP contribution in [0.3, 0.4) is 0 Å². The van der Waals surface area contributed by atoms with Crippen LogP contribution >= 0.6 is 0 Å². The zero-order valence-electron chi connectivity index (χ0n) is 18.4. The lowest BCUT2D eigenvalue weighted by Gasteiger charge is -2.35. The van der Waals surface area contributed by atoms with Gasteiger partial charge in [0.15, 0.2) is 5.78 Å². The smallest absolute Gasteiger partial charge is 0.206 e. The molecule has 5 heteroatoms. The van der Waals surface area contributed by atoms with Crippen LogP contribution in [-0.2, 0) is 11.2 Å². The van der Waals surface area contributed by atoms with Crippen molar-refractivity contribution in [2.24, 2.45) is 5.92 Å². The number of amides is 1. The summed E-state index contributed by atoms with van der Waals surface area (Å²) in [6, 6.07) is 17.0. The van der Waals surface area contributed by atoms with Crippen molar-refractivity contribution in [2.75, 3.05) is 20.1 Å². The molecule has 1 aliphatic rings. The summed E-state index contributed by atoms with van der Waals surface area (Å²) < 4.78 is 0. The number of likely N-dealkylation sites (tertiary alicyclic amines) is 1. The van der Waals surface area contributed by atoms with Crippen LogP contribution in [0, 0.1) is 5.92 Å². The zero-order chi connectivity index (χ0) is 22.2. The van der Waals surface area contributed by atoms with E-state index < -0.39 is 0 Å². The fraction of sp³-hybridized carbons (Fsp3) is 0.308. The fourth-order valence-corrected chi connectivity index (χ4v) is 4.13. The van der Waals surface area contributed by atoms with E-state index in [1.54, 1.807) is 20.2 Å². The Labute approximate surface area is 184 Å². The third-order valence-electron chi connectivity index (χ3n) is 5.88. The second-order valence-corrected chi connectivity index (χ2v) is 7.99. The predicted octanol–water partition coefficient (Wildman–Crippen LogP) is 4.66. The molecule has 1 amide bonds. The Bertz CT molecular complexity index is 1030. The highest BCUT2D eigenvalue weighted by Crippen LogP contribution is 2.29. The molecule has 31 heavy (non-hydrogen) atoms. The van der Waals surface area contributed by atoms with Gasteiger partial charge in [-0.05, 0) is 55.4 Å². The summed E-state index contributed by atoms with van der Waals surface area (Å²) in [5.41, 5.74) is 5.35. The average molecular weight is 418 g/mol. The molecule has 162 valence electrons. The zero-order valence-corrected chi connectivity index (χ0v) is 18.4. The first kappa shape index (κ1) is 22.3. The molecule has 0 radical (unpaired) electrons. The van der Waals surface area contributed by atoms with Crippen LogP contribution in [0.5, 0.6) is 0 Å². The lowest BCUT2D eigenvalue weighted by atomic mass is 9.89. The van der Waals surface area contributed by atoms with E-state index in [1.165, 1.54) is 24.8 Å². The van der Waals surface area contributed by atoms with E-state index in [0.29, 0.717) is 6.41 Å². The lowest BCUT2D eigenvalue weighted by Crippen LogP contribution is -2.32. The van der Waals surface area contributed by atoms with E-state index in [-0.39, 0.29) is 5.78 Å². The monoisotopic (exact) mass is 417 g/mol. The molecule has 2 N–H and O–H groups in total. The maximum absolute atomic E-state index is 11.8. The molecule has 1 saturated heterocycles. The van der Waals surface area contributed by atoms with Gasteiger partial charge in [-0.25, -0.2) is 0 Å². The van der Waals surface area contributed by atoms with E-state index in [0.717, 1.165) is 46.7 Å². The molecular weight excluding hydrogens is 386 g/mol. The molecule has 1 fully saturated rings. The van der Waals surface area contributed by atoms with Crippen molar-refractivity contribution >= 4 is 28.8 Å². The number of nitrogens with one attached hydrogen (secondary N) is 2. The van der Waals surface area contributed by atoms with Crippen LogP contribution in [0.25, 0.3) is 16.6 Å². The molecule has 0 aliphatic carbocycles. The molecule has 2 heterocycles. The highest BCUT2D eigenvalue weighted by molar-refractivity contribution is 6.07. The van der Waals surface area contributed by atoms with Crippen LogP contribution in [-0.4, -0.2) is 42.2 Å². The molecule has 0 bridgehead atoms. The highest BCUT2D eigenvalue weighted by Gasteiger charge is 2.21. The standard InChI is InChI=1S/C24H26N2O.C2H5NO/c1-17(21-8-9-24-22(15-21)23(16-25-24)18(2)27)26-12-10-20(11-13-26)14-19-6-4-3-5-7-19;1-3-2-4/h3-9,15-16,20,25H,1,10-14H2,2H3;2H,1H3,(H,3,4). The van der Waals surface area contributed by atoms with Gasteiger partial charge in [0.2, 0.25) is 6.41 Å². The van der Waals surface area contributed by atoms with Gasteiger partial charge in [0.05, 0.1) is 0 Å². The number of ketones is 1. The van der Waals surface area contributed by atoms with Crippen LogP contribution < -0.4 is 5.32 Å². The molecule has 5 nitrogen and oxygen atoms in total. The number of Topliss-reactive ketones (excluding diaryl/α,β-unsaturated/α-hetero) is 1. The minimum Gasteiger partial charge on any atom is -0.372 e. The molecule has 1 aromatic heterocycles. The Morgan fingerprint density at radius 1 is 1.19 bits per heavy atom. The van der Waals surface area contributed by atoms with Crippen LogP contribution in [0.4, 0.5) is 0 Å². The third kappa shape index (κ3) is 5.63. The SMILES string of the molecule is C=C(c1ccc2[nH]cc(C(C)=O)c2c1)N1CCC(Cc2ccccc2)CC1.CNC=O. The molecule has 0 spiro atoms. The number of H-pyrrole nitrogens is 1. The first-order valence-corrected chi connectivity index (χ1v) is 10.7.